The second-order valence-electron chi connectivity index (χ2n) is 7.62. The standard InChI is InChI=1S/C18H36N4O.HI/c1-15-11-16(2)13-22(12-15)8-7-20-18(19-3)21(4)9-10-23-14-17-5-6-17;/h15-17H,5-14H2,1-4H3,(H,19,20);1H. The van der Waals surface area contributed by atoms with E-state index in [1.807, 2.05) is 7.05 Å². The zero-order valence-electron chi connectivity index (χ0n) is 16.0. The molecule has 0 aromatic heterocycles. The maximum atomic E-state index is 5.71. The summed E-state index contributed by atoms with van der Waals surface area (Å²) < 4.78 is 5.71. The summed E-state index contributed by atoms with van der Waals surface area (Å²) in [5, 5.41) is 3.49. The predicted molar refractivity (Wildman–Crippen MR) is 112 cm³/mol. The molecule has 1 aliphatic heterocycles. The van der Waals surface area contributed by atoms with Gasteiger partial charge in [0, 0.05) is 53.4 Å². The molecule has 0 aromatic rings. The Kier molecular flexibility index (Phi) is 10.5. The summed E-state index contributed by atoms with van der Waals surface area (Å²) >= 11 is 0. The third kappa shape index (κ3) is 8.34. The van der Waals surface area contributed by atoms with Crippen LogP contribution in [0.15, 0.2) is 4.99 Å². The summed E-state index contributed by atoms with van der Waals surface area (Å²) in [6.07, 6.45) is 4.08. The summed E-state index contributed by atoms with van der Waals surface area (Å²) in [6, 6.07) is 0. The van der Waals surface area contributed by atoms with Gasteiger partial charge in [0.15, 0.2) is 5.96 Å². The van der Waals surface area contributed by atoms with Gasteiger partial charge in [-0.2, -0.15) is 0 Å². The van der Waals surface area contributed by atoms with Gasteiger partial charge in [-0.3, -0.25) is 4.99 Å². The van der Waals surface area contributed by atoms with E-state index < -0.39 is 0 Å². The molecular formula is C18H37IN4O. The van der Waals surface area contributed by atoms with Crippen molar-refractivity contribution in [1.82, 2.24) is 15.1 Å². The number of halogens is 1. The first kappa shape index (κ1) is 22.0. The molecule has 1 N–H and O–H groups in total. The lowest BCUT2D eigenvalue weighted by molar-refractivity contribution is 0.115. The Bertz CT molecular complexity index is 366. The number of guanidine groups is 1. The number of likely N-dealkylation sites (tertiary alicyclic amines) is 1. The van der Waals surface area contributed by atoms with Crippen LogP contribution in [-0.4, -0.2) is 75.8 Å². The van der Waals surface area contributed by atoms with Crippen LogP contribution >= 0.6 is 24.0 Å². The predicted octanol–water partition coefficient (Wildman–Crippen LogP) is 2.52. The quantitative estimate of drug-likeness (QED) is 0.266. The van der Waals surface area contributed by atoms with E-state index in [2.05, 4.69) is 41.0 Å². The van der Waals surface area contributed by atoms with Crippen LogP contribution in [0.3, 0.4) is 0 Å². The van der Waals surface area contributed by atoms with Gasteiger partial charge in [-0.15, -0.1) is 24.0 Å². The highest BCUT2D eigenvalue weighted by Gasteiger charge is 2.22. The van der Waals surface area contributed by atoms with Gasteiger partial charge < -0.3 is 19.9 Å². The Labute approximate surface area is 165 Å². The fraction of sp³-hybridized carbons (Fsp3) is 0.944. The van der Waals surface area contributed by atoms with Gasteiger partial charge in [-0.25, -0.2) is 0 Å². The average molecular weight is 452 g/mol. The number of ether oxygens (including phenoxy) is 1. The third-order valence-corrected chi connectivity index (χ3v) is 4.85. The van der Waals surface area contributed by atoms with Crippen molar-refractivity contribution in [3.8, 4) is 0 Å². The molecule has 24 heavy (non-hydrogen) atoms. The van der Waals surface area contributed by atoms with Crippen molar-refractivity contribution in [3.05, 3.63) is 0 Å². The highest BCUT2D eigenvalue weighted by molar-refractivity contribution is 14.0. The van der Waals surface area contributed by atoms with E-state index in [-0.39, 0.29) is 24.0 Å². The molecule has 1 aliphatic carbocycles. The Hall–Kier alpha value is -0.0800. The van der Waals surface area contributed by atoms with Crippen molar-refractivity contribution >= 4 is 29.9 Å². The van der Waals surface area contributed by atoms with E-state index in [1.54, 1.807) is 0 Å². The fourth-order valence-electron chi connectivity index (χ4n) is 3.53. The fourth-order valence-corrected chi connectivity index (χ4v) is 3.53. The second kappa shape index (κ2) is 11.5. The first-order valence-electron chi connectivity index (χ1n) is 9.30. The number of piperidine rings is 1. The zero-order chi connectivity index (χ0) is 16.7. The first-order valence-corrected chi connectivity index (χ1v) is 9.30. The maximum absolute atomic E-state index is 5.71. The third-order valence-electron chi connectivity index (χ3n) is 4.85. The molecule has 5 nitrogen and oxygen atoms in total. The molecule has 0 spiro atoms. The topological polar surface area (TPSA) is 40.1 Å². The summed E-state index contributed by atoms with van der Waals surface area (Å²) in [5.74, 6) is 3.46. The van der Waals surface area contributed by atoms with E-state index in [0.717, 1.165) is 56.6 Å². The van der Waals surface area contributed by atoms with Gasteiger partial charge in [0.2, 0.25) is 0 Å². The van der Waals surface area contributed by atoms with Crippen molar-refractivity contribution in [3.63, 3.8) is 0 Å². The van der Waals surface area contributed by atoms with Crippen molar-refractivity contribution in [2.75, 3.05) is 60.0 Å². The Morgan fingerprint density at radius 1 is 1.25 bits per heavy atom. The van der Waals surface area contributed by atoms with E-state index in [4.69, 9.17) is 4.74 Å². The van der Waals surface area contributed by atoms with Gasteiger partial charge in [-0.05, 0) is 37.0 Å². The molecule has 0 radical (unpaired) electrons. The molecule has 6 heteroatoms. The van der Waals surface area contributed by atoms with Gasteiger partial charge in [0.1, 0.15) is 0 Å². The summed E-state index contributed by atoms with van der Waals surface area (Å²) in [7, 11) is 3.94. The van der Waals surface area contributed by atoms with E-state index >= 15 is 0 Å². The van der Waals surface area contributed by atoms with Crippen LogP contribution < -0.4 is 5.32 Å². The molecule has 1 heterocycles. The molecule has 2 unspecified atom stereocenters. The molecule has 1 saturated heterocycles. The van der Waals surface area contributed by atoms with Crippen LogP contribution in [0.2, 0.25) is 0 Å². The van der Waals surface area contributed by atoms with Crippen molar-refractivity contribution in [2.24, 2.45) is 22.7 Å². The van der Waals surface area contributed by atoms with Crippen LogP contribution in [0.4, 0.5) is 0 Å². The molecule has 0 bridgehead atoms. The lowest BCUT2D eigenvalue weighted by Crippen LogP contribution is -2.46. The number of hydrogen-bond donors (Lipinski definition) is 1. The summed E-state index contributed by atoms with van der Waals surface area (Å²) in [4.78, 5) is 9.13. The van der Waals surface area contributed by atoms with Crippen molar-refractivity contribution in [1.29, 1.82) is 0 Å². The monoisotopic (exact) mass is 452 g/mol. The van der Waals surface area contributed by atoms with Crippen LogP contribution in [0.25, 0.3) is 0 Å². The molecule has 2 fully saturated rings. The highest BCUT2D eigenvalue weighted by atomic mass is 127. The van der Waals surface area contributed by atoms with Crippen LogP contribution in [0.1, 0.15) is 33.1 Å². The summed E-state index contributed by atoms with van der Waals surface area (Å²) in [6.45, 7) is 11.9. The molecule has 1 saturated carbocycles. The molecule has 142 valence electrons. The largest absolute Gasteiger partial charge is 0.379 e. The van der Waals surface area contributed by atoms with Gasteiger partial charge in [0.25, 0.3) is 0 Å². The SMILES string of the molecule is CN=C(NCCN1CC(C)CC(C)C1)N(C)CCOCC1CC1.I. The molecular weight excluding hydrogens is 415 g/mol. The number of rotatable bonds is 8. The second-order valence-corrected chi connectivity index (χ2v) is 7.62. The van der Waals surface area contributed by atoms with Crippen molar-refractivity contribution < 1.29 is 4.74 Å². The minimum atomic E-state index is 0. The first-order chi connectivity index (χ1) is 11.1. The van der Waals surface area contributed by atoms with E-state index in [1.165, 1.54) is 32.4 Å². The zero-order valence-corrected chi connectivity index (χ0v) is 18.3. The molecule has 2 rings (SSSR count). The van der Waals surface area contributed by atoms with E-state index in [0.29, 0.717) is 0 Å². The lowest BCUT2D eigenvalue weighted by atomic mass is 9.92. The minimum Gasteiger partial charge on any atom is -0.379 e. The molecule has 0 amide bonds. The minimum absolute atomic E-state index is 0. The highest BCUT2D eigenvalue weighted by Crippen LogP contribution is 2.28. The van der Waals surface area contributed by atoms with Crippen LogP contribution in [0, 0.1) is 17.8 Å². The Morgan fingerprint density at radius 3 is 2.50 bits per heavy atom. The normalized spacial score (nSPS) is 25.2. The number of nitrogens with zero attached hydrogens (tertiary/aromatic N) is 3. The molecule has 2 aliphatic rings. The summed E-state index contributed by atoms with van der Waals surface area (Å²) in [5.41, 5.74) is 0. The Morgan fingerprint density at radius 2 is 1.92 bits per heavy atom. The maximum Gasteiger partial charge on any atom is 0.193 e. The number of hydrogen-bond acceptors (Lipinski definition) is 3. The van der Waals surface area contributed by atoms with Crippen molar-refractivity contribution in [2.45, 2.75) is 33.1 Å². The van der Waals surface area contributed by atoms with Crippen LogP contribution in [-0.2, 0) is 4.74 Å². The van der Waals surface area contributed by atoms with Gasteiger partial charge in [-0.1, -0.05) is 13.8 Å². The average Bonchev–Trinajstić information content (AvgIpc) is 3.31. The van der Waals surface area contributed by atoms with Gasteiger partial charge >= 0.3 is 0 Å². The van der Waals surface area contributed by atoms with Gasteiger partial charge in [0.05, 0.1) is 6.61 Å². The Balaban J connectivity index is 0.00000288. The smallest absolute Gasteiger partial charge is 0.193 e. The molecule has 2 atom stereocenters. The lowest BCUT2D eigenvalue weighted by Gasteiger charge is -2.35. The van der Waals surface area contributed by atoms with E-state index in [9.17, 15) is 0 Å². The number of aliphatic imine (C=N–C) groups is 1. The number of likely N-dealkylation sites (N-methyl/N-ethyl adjacent to an activating group) is 1. The van der Waals surface area contributed by atoms with Crippen LogP contribution in [0.5, 0.6) is 0 Å². The molecule has 0 aromatic carbocycles. The number of nitrogens with one attached hydrogen (secondary N) is 1.